The Labute approximate surface area is 190 Å². The molecule has 1 atom stereocenters. The molecule has 11 heteroatoms. The predicted octanol–water partition coefficient (Wildman–Crippen LogP) is 5.79. The molecule has 2 heterocycles. The van der Waals surface area contributed by atoms with Crippen LogP contribution in [-0.2, 0) is 22.1 Å². The Kier molecular flexibility index (Phi) is 6.44. The largest absolute Gasteiger partial charge is 0.453 e. The van der Waals surface area contributed by atoms with Gasteiger partial charge in [0.2, 0.25) is 5.82 Å². The number of ether oxygens (including phenoxy) is 1. The Bertz CT molecular complexity index is 1280. The smallest absolute Gasteiger partial charge is 0.416 e. The maximum absolute atomic E-state index is 13.0. The number of aryl methyl sites for hydroxylation is 1. The van der Waals surface area contributed by atoms with E-state index in [1.807, 2.05) is 0 Å². The Morgan fingerprint density at radius 2 is 1.88 bits per heavy atom. The van der Waals surface area contributed by atoms with Crippen molar-refractivity contribution in [1.29, 1.82) is 0 Å². The minimum Gasteiger partial charge on any atom is -0.453 e. The SMILES string of the molecule is CC(OC(=O)CCc1ncc(-c2ccc(F)cc2)o1)c1nc(-c2cccc(C(F)(F)F)c2)no1. The third-order valence-electron chi connectivity index (χ3n) is 4.77. The molecule has 0 amide bonds. The summed E-state index contributed by atoms with van der Waals surface area (Å²) in [5.41, 5.74) is -0.0848. The van der Waals surface area contributed by atoms with Crippen LogP contribution in [0.5, 0.6) is 0 Å². The molecule has 0 saturated heterocycles. The van der Waals surface area contributed by atoms with Crippen LogP contribution in [0.3, 0.4) is 0 Å². The Hall–Kier alpha value is -4.02. The van der Waals surface area contributed by atoms with Crippen molar-refractivity contribution in [3.63, 3.8) is 0 Å². The van der Waals surface area contributed by atoms with Gasteiger partial charge in [-0.15, -0.1) is 0 Å². The molecule has 7 nitrogen and oxygen atoms in total. The van der Waals surface area contributed by atoms with Gasteiger partial charge in [-0.2, -0.15) is 18.2 Å². The van der Waals surface area contributed by atoms with Gasteiger partial charge in [0, 0.05) is 17.5 Å². The van der Waals surface area contributed by atoms with Crippen LogP contribution < -0.4 is 0 Å². The van der Waals surface area contributed by atoms with Crippen LogP contribution in [0.25, 0.3) is 22.7 Å². The van der Waals surface area contributed by atoms with Crippen LogP contribution in [0, 0.1) is 5.82 Å². The normalized spacial score (nSPS) is 12.5. The molecule has 0 N–H and O–H groups in total. The summed E-state index contributed by atoms with van der Waals surface area (Å²) in [7, 11) is 0. The van der Waals surface area contributed by atoms with Crippen LogP contribution in [-0.4, -0.2) is 21.1 Å². The molecule has 4 aromatic rings. The number of oxazole rings is 1. The zero-order valence-corrected chi connectivity index (χ0v) is 17.7. The van der Waals surface area contributed by atoms with E-state index in [0.29, 0.717) is 17.2 Å². The zero-order chi connectivity index (χ0) is 24.3. The highest BCUT2D eigenvalue weighted by atomic mass is 19.4. The zero-order valence-electron chi connectivity index (χ0n) is 17.7. The van der Waals surface area contributed by atoms with Crippen molar-refractivity contribution in [3.05, 3.63) is 77.9 Å². The van der Waals surface area contributed by atoms with Gasteiger partial charge >= 0.3 is 12.1 Å². The fourth-order valence-electron chi connectivity index (χ4n) is 3.04. The lowest BCUT2D eigenvalue weighted by Gasteiger charge is -2.08. The minimum atomic E-state index is -4.51. The molecule has 0 saturated carbocycles. The Balaban J connectivity index is 1.33. The maximum Gasteiger partial charge on any atom is 0.416 e. The van der Waals surface area contributed by atoms with Crippen LogP contribution in [0.1, 0.15) is 36.8 Å². The number of alkyl halides is 3. The minimum absolute atomic E-state index is 0.0532. The molecule has 0 radical (unpaired) electrons. The standard InChI is InChI=1S/C23H17F4N3O4/c1-13(22-29-21(30-34-22)15-3-2-4-16(11-15)23(25,26)27)32-20(31)10-9-19-28-12-18(33-19)14-5-7-17(24)8-6-14/h2-8,11-13H,9-10H2,1H3. The van der Waals surface area contributed by atoms with Crippen molar-refractivity contribution in [1.82, 2.24) is 15.1 Å². The topological polar surface area (TPSA) is 91.2 Å². The number of benzene rings is 2. The number of aromatic nitrogens is 3. The van der Waals surface area contributed by atoms with Crippen molar-refractivity contribution >= 4 is 5.97 Å². The molecule has 0 aliphatic heterocycles. The number of hydrogen-bond donors (Lipinski definition) is 0. The van der Waals surface area contributed by atoms with Crippen molar-refractivity contribution in [3.8, 4) is 22.7 Å². The highest BCUT2D eigenvalue weighted by Crippen LogP contribution is 2.32. The third kappa shape index (κ3) is 5.48. The average molecular weight is 475 g/mol. The lowest BCUT2D eigenvalue weighted by molar-refractivity contribution is -0.149. The molecule has 2 aromatic heterocycles. The number of carbonyl (C=O) groups excluding carboxylic acids is 1. The molecule has 176 valence electrons. The molecule has 0 spiro atoms. The van der Waals surface area contributed by atoms with Gasteiger partial charge in [0.25, 0.3) is 5.89 Å². The second-order valence-corrected chi connectivity index (χ2v) is 7.29. The molecule has 0 fully saturated rings. The van der Waals surface area contributed by atoms with Gasteiger partial charge in [-0.25, -0.2) is 9.37 Å². The number of carbonyl (C=O) groups is 1. The highest BCUT2D eigenvalue weighted by molar-refractivity contribution is 5.69. The first-order valence-corrected chi connectivity index (χ1v) is 10.1. The van der Waals surface area contributed by atoms with E-state index in [1.54, 1.807) is 12.1 Å². The number of esters is 1. The lowest BCUT2D eigenvalue weighted by atomic mass is 10.1. The van der Waals surface area contributed by atoms with E-state index in [2.05, 4.69) is 15.1 Å². The number of halogens is 4. The van der Waals surface area contributed by atoms with Crippen molar-refractivity contribution < 1.29 is 36.0 Å². The van der Waals surface area contributed by atoms with Crippen LogP contribution in [0.4, 0.5) is 17.6 Å². The first kappa shape index (κ1) is 23.1. The fraction of sp³-hybridized carbons (Fsp3) is 0.217. The summed E-state index contributed by atoms with van der Waals surface area (Å²) in [6.45, 7) is 1.50. The molecule has 0 bridgehead atoms. The molecular weight excluding hydrogens is 458 g/mol. The molecule has 0 aliphatic carbocycles. The average Bonchev–Trinajstić information content (AvgIpc) is 3.48. The quantitative estimate of drug-likeness (QED) is 0.247. The van der Waals surface area contributed by atoms with Gasteiger partial charge in [-0.05, 0) is 43.3 Å². The predicted molar refractivity (Wildman–Crippen MR) is 109 cm³/mol. The lowest BCUT2D eigenvalue weighted by Crippen LogP contribution is -2.10. The van der Waals surface area contributed by atoms with E-state index in [9.17, 15) is 22.4 Å². The summed E-state index contributed by atoms with van der Waals surface area (Å²) in [4.78, 5) is 20.3. The van der Waals surface area contributed by atoms with Gasteiger partial charge < -0.3 is 13.7 Å². The Morgan fingerprint density at radius 1 is 1.12 bits per heavy atom. The van der Waals surface area contributed by atoms with E-state index in [-0.39, 0.29) is 35.9 Å². The van der Waals surface area contributed by atoms with Gasteiger partial charge in [-0.3, -0.25) is 4.79 Å². The summed E-state index contributed by atoms with van der Waals surface area (Å²) in [6, 6.07) is 10.2. The van der Waals surface area contributed by atoms with Crippen molar-refractivity contribution in [2.24, 2.45) is 0 Å². The number of rotatable bonds is 7. The summed E-state index contributed by atoms with van der Waals surface area (Å²) >= 11 is 0. The van der Waals surface area contributed by atoms with Gasteiger partial charge in [0.1, 0.15) is 5.82 Å². The summed E-state index contributed by atoms with van der Waals surface area (Å²) in [6.07, 6.45) is -3.84. The molecule has 4 rings (SSSR count). The number of nitrogens with zero attached hydrogens (tertiary/aromatic N) is 3. The second-order valence-electron chi connectivity index (χ2n) is 7.29. The monoisotopic (exact) mass is 475 g/mol. The van der Waals surface area contributed by atoms with Gasteiger partial charge in [-0.1, -0.05) is 17.3 Å². The van der Waals surface area contributed by atoms with Crippen LogP contribution >= 0.6 is 0 Å². The Morgan fingerprint density at radius 3 is 2.62 bits per heavy atom. The first-order chi connectivity index (χ1) is 16.2. The summed E-state index contributed by atoms with van der Waals surface area (Å²) in [5.74, 6) is -0.345. The van der Waals surface area contributed by atoms with Crippen molar-refractivity contribution in [2.75, 3.05) is 0 Å². The van der Waals surface area contributed by atoms with Crippen LogP contribution in [0.2, 0.25) is 0 Å². The van der Waals surface area contributed by atoms with Gasteiger partial charge in [0.15, 0.2) is 17.8 Å². The third-order valence-corrected chi connectivity index (χ3v) is 4.77. The molecule has 1 unspecified atom stereocenters. The number of hydrogen-bond acceptors (Lipinski definition) is 7. The molecular formula is C23H17F4N3O4. The summed E-state index contributed by atoms with van der Waals surface area (Å²) < 4.78 is 67.7. The van der Waals surface area contributed by atoms with Gasteiger partial charge in [0.05, 0.1) is 18.2 Å². The highest BCUT2D eigenvalue weighted by Gasteiger charge is 2.31. The molecule has 34 heavy (non-hydrogen) atoms. The van der Waals surface area contributed by atoms with E-state index < -0.39 is 23.8 Å². The summed E-state index contributed by atoms with van der Waals surface area (Å²) in [5, 5.41) is 3.68. The fourth-order valence-corrected chi connectivity index (χ4v) is 3.04. The van der Waals surface area contributed by atoms with Crippen molar-refractivity contribution in [2.45, 2.75) is 32.0 Å². The molecule has 2 aromatic carbocycles. The van der Waals surface area contributed by atoms with E-state index >= 15 is 0 Å². The maximum atomic E-state index is 13.0. The second kappa shape index (κ2) is 9.46. The van der Waals surface area contributed by atoms with Crippen LogP contribution in [0.15, 0.2) is 63.7 Å². The van der Waals surface area contributed by atoms with E-state index in [0.717, 1.165) is 12.1 Å². The van der Waals surface area contributed by atoms with E-state index in [4.69, 9.17) is 13.7 Å². The van der Waals surface area contributed by atoms with E-state index in [1.165, 1.54) is 37.4 Å². The first-order valence-electron chi connectivity index (χ1n) is 10.1. The molecule has 0 aliphatic rings.